The molecule has 0 aliphatic rings. The monoisotopic (exact) mass is 506 g/mol. The van der Waals surface area contributed by atoms with Gasteiger partial charge in [-0.1, -0.05) is 29.4 Å². The van der Waals surface area contributed by atoms with Gasteiger partial charge in [-0.3, -0.25) is 10.1 Å². The van der Waals surface area contributed by atoms with Gasteiger partial charge in [-0.2, -0.15) is 0 Å². The highest BCUT2D eigenvalue weighted by atomic mass is 127. The summed E-state index contributed by atoms with van der Waals surface area (Å²) >= 11 is 2.16. The standard InChI is InChI=1S/C21H16FIN2O4/c22-18-7-4-15(5-8-18)13-28-21-9-6-16(11-20(21)23)12-24-29-14-17-2-1-3-19(10-17)25(26)27/h1-12H,13-14H2/b24-12-. The first-order valence-electron chi connectivity index (χ1n) is 8.57. The van der Waals surface area contributed by atoms with Crippen LogP contribution in [0.4, 0.5) is 10.1 Å². The Bertz CT molecular complexity index is 1030. The fourth-order valence-corrected chi connectivity index (χ4v) is 3.12. The summed E-state index contributed by atoms with van der Waals surface area (Å²) in [4.78, 5) is 15.6. The molecule has 0 atom stereocenters. The molecule has 0 fully saturated rings. The summed E-state index contributed by atoms with van der Waals surface area (Å²) in [7, 11) is 0. The van der Waals surface area contributed by atoms with Crippen molar-refractivity contribution >= 4 is 34.5 Å². The average molecular weight is 506 g/mol. The van der Waals surface area contributed by atoms with Crippen LogP contribution in [0.15, 0.2) is 71.9 Å². The van der Waals surface area contributed by atoms with Gasteiger partial charge in [0.05, 0.1) is 14.7 Å². The van der Waals surface area contributed by atoms with Gasteiger partial charge in [0.15, 0.2) is 0 Å². The molecule has 0 heterocycles. The number of ether oxygens (including phenoxy) is 1. The topological polar surface area (TPSA) is 74.0 Å². The first kappa shape index (κ1) is 20.7. The number of hydrogen-bond donors (Lipinski definition) is 0. The van der Waals surface area contributed by atoms with E-state index in [2.05, 4.69) is 27.7 Å². The van der Waals surface area contributed by atoms with Gasteiger partial charge >= 0.3 is 0 Å². The first-order valence-corrected chi connectivity index (χ1v) is 9.64. The van der Waals surface area contributed by atoms with Gasteiger partial charge < -0.3 is 9.57 Å². The number of nitrogens with zero attached hydrogens (tertiary/aromatic N) is 2. The van der Waals surface area contributed by atoms with Crippen molar-refractivity contribution in [3.05, 3.63) is 103 Å². The van der Waals surface area contributed by atoms with E-state index in [0.717, 1.165) is 14.7 Å². The normalized spacial score (nSPS) is 10.8. The van der Waals surface area contributed by atoms with Crippen LogP contribution in [0, 0.1) is 19.5 Å². The molecule has 0 unspecified atom stereocenters. The molecule has 3 aromatic rings. The van der Waals surface area contributed by atoms with E-state index in [1.54, 1.807) is 30.5 Å². The van der Waals surface area contributed by atoms with Gasteiger partial charge in [-0.25, -0.2) is 4.39 Å². The van der Waals surface area contributed by atoms with Crippen molar-refractivity contribution in [2.45, 2.75) is 13.2 Å². The second-order valence-electron chi connectivity index (χ2n) is 6.04. The fraction of sp³-hybridized carbons (Fsp3) is 0.0952. The Balaban J connectivity index is 1.53. The van der Waals surface area contributed by atoms with Crippen molar-refractivity contribution in [3.63, 3.8) is 0 Å². The molecule has 6 nitrogen and oxygen atoms in total. The lowest BCUT2D eigenvalue weighted by Crippen LogP contribution is -1.98. The molecular weight excluding hydrogens is 490 g/mol. The van der Waals surface area contributed by atoms with Crippen LogP contribution in [-0.4, -0.2) is 11.1 Å². The van der Waals surface area contributed by atoms with E-state index in [1.807, 2.05) is 18.2 Å². The van der Waals surface area contributed by atoms with Gasteiger partial charge in [0.1, 0.15) is 24.8 Å². The molecule has 0 bridgehead atoms. The second-order valence-corrected chi connectivity index (χ2v) is 7.20. The van der Waals surface area contributed by atoms with E-state index in [9.17, 15) is 14.5 Å². The highest BCUT2D eigenvalue weighted by Crippen LogP contribution is 2.23. The minimum Gasteiger partial charge on any atom is -0.488 e. The smallest absolute Gasteiger partial charge is 0.269 e. The molecule has 148 valence electrons. The van der Waals surface area contributed by atoms with Gasteiger partial charge in [0.2, 0.25) is 0 Å². The molecule has 0 amide bonds. The maximum absolute atomic E-state index is 12.9. The molecule has 3 aromatic carbocycles. The first-order chi connectivity index (χ1) is 14.0. The summed E-state index contributed by atoms with van der Waals surface area (Å²) in [6.07, 6.45) is 1.56. The lowest BCUT2D eigenvalue weighted by Gasteiger charge is -2.09. The molecule has 0 spiro atoms. The minimum absolute atomic E-state index is 0.0147. The Labute approximate surface area is 180 Å². The van der Waals surface area contributed by atoms with Gasteiger partial charge in [-0.05, 0) is 69.6 Å². The lowest BCUT2D eigenvalue weighted by molar-refractivity contribution is -0.384. The number of rotatable bonds is 8. The zero-order valence-corrected chi connectivity index (χ0v) is 17.3. The van der Waals surface area contributed by atoms with Crippen LogP contribution in [0.1, 0.15) is 16.7 Å². The second kappa shape index (κ2) is 9.97. The quantitative estimate of drug-likeness (QED) is 0.176. The maximum Gasteiger partial charge on any atom is 0.269 e. The van der Waals surface area contributed by atoms with Crippen LogP contribution >= 0.6 is 22.6 Å². The van der Waals surface area contributed by atoms with Gasteiger partial charge in [-0.15, -0.1) is 0 Å². The van der Waals surface area contributed by atoms with Crippen LogP contribution in [0.2, 0.25) is 0 Å². The summed E-state index contributed by atoms with van der Waals surface area (Å²) in [5, 5.41) is 14.7. The zero-order chi connectivity index (χ0) is 20.6. The van der Waals surface area contributed by atoms with Crippen molar-refractivity contribution in [1.82, 2.24) is 0 Å². The summed E-state index contributed by atoms with van der Waals surface area (Å²) < 4.78 is 19.6. The van der Waals surface area contributed by atoms with E-state index in [1.165, 1.54) is 24.3 Å². The van der Waals surface area contributed by atoms with E-state index < -0.39 is 4.92 Å². The van der Waals surface area contributed by atoms with Crippen molar-refractivity contribution in [2.75, 3.05) is 0 Å². The number of non-ortho nitro benzene ring substituents is 1. The third-order valence-electron chi connectivity index (χ3n) is 3.89. The molecule has 3 rings (SSSR count). The lowest BCUT2D eigenvalue weighted by atomic mass is 10.2. The molecule has 0 aliphatic heterocycles. The van der Waals surface area contributed by atoms with Crippen molar-refractivity contribution in [3.8, 4) is 5.75 Å². The molecular formula is C21H16FIN2O4. The van der Waals surface area contributed by atoms with Crippen LogP contribution < -0.4 is 4.74 Å². The molecule has 0 N–H and O–H groups in total. The van der Waals surface area contributed by atoms with E-state index >= 15 is 0 Å². The fourth-order valence-electron chi connectivity index (χ4n) is 2.43. The number of nitro groups is 1. The molecule has 0 saturated carbocycles. The third kappa shape index (κ3) is 6.24. The van der Waals surface area contributed by atoms with Gasteiger partial charge in [0, 0.05) is 12.1 Å². The predicted molar refractivity (Wildman–Crippen MR) is 115 cm³/mol. The number of hydrogen-bond acceptors (Lipinski definition) is 5. The van der Waals surface area contributed by atoms with Crippen molar-refractivity contribution < 1.29 is 18.9 Å². The highest BCUT2D eigenvalue weighted by Gasteiger charge is 2.06. The number of halogens is 2. The zero-order valence-electron chi connectivity index (χ0n) is 15.1. The molecule has 0 radical (unpaired) electrons. The molecule has 0 aliphatic carbocycles. The SMILES string of the molecule is O=[N+]([O-])c1cccc(CO/N=C\c2ccc(OCc3ccc(F)cc3)c(I)c2)c1. The average Bonchev–Trinajstić information content (AvgIpc) is 2.72. The molecule has 29 heavy (non-hydrogen) atoms. The number of nitro benzene ring substituents is 1. The van der Waals surface area contributed by atoms with Crippen LogP contribution in [0.5, 0.6) is 5.75 Å². The van der Waals surface area contributed by atoms with Gasteiger partial charge in [0.25, 0.3) is 5.69 Å². The molecule has 0 saturated heterocycles. The molecule has 8 heteroatoms. The van der Waals surface area contributed by atoms with Crippen molar-refractivity contribution in [2.24, 2.45) is 5.16 Å². The Morgan fingerprint density at radius 2 is 1.83 bits per heavy atom. The van der Waals surface area contributed by atoms with E-state index in [-0.39, 0.29) is 18.1 Å². The third-order valence-corrected chi connectivity index (χ3v) is 4.74. The van der Waals surface area contributed by atoms with Crippen LogP contribution in [-0.2, 0) is 18.1 Å². The minimum atomic E-state index is -0.450. The Hall–Kier alpha value is -3.01. The van der Waals surface area contributed by atoms with E-state index in [0.29, 0.717) is 17.9 Å². The van der Waals surface area contributed by atoms with E-state index in [4.69, 9.17) is 9.57 Å². The summed E-state index contributed by atoms with van der Waals surface area (Å²) in [6, 6.07) is 17.9. The maximum atomic E-state index is 12.9. The summed E-state index contributed by atoms with van der Waals surface area (Å²) in [5.41, 5.74) is 2.38. The largest absolute Gasteiger partial charge is 0.488 e. The highest BCUT2D eigenvalue weighted by molar-refractivity contribution is 14.1. The Morgan fingerprint density at radius 1 is 1.03 bits per heavy atom. The predicted octanol–water partition coefficient (Wildman–Crippen LogP) is 5.47. The number of benzene rings is 3. The summed E-state index contributed by atoms with van der Waals surface area (Å²) in [6.45, 7) is 0.476. The number of oxime groups is 1. The molecule has 0 aromatic heterocycles. The Kier molecular flexibility index (Phi) is 7.12. The Morgan fingerprint density at radius 3 is 2.55 bits per heavy atom. The van der Waals surface area contributed by atoms with Crippen LogP contribution in [0.3, 0.4) is 0 Å². The van der Waals surface area contributed by atoms with Crippen molar-refractivity contribution in [1.29, 1.82) is 0 Å². The summed E-state index contributed by atoms with van der Waals surface area (Å²) in [5.74, 6) is 0.435. The van der Waals surface area contributed by atoms with Crippen LogP contribution in [0.25, 0.3) is 0 Å².